The maximum Gasteiger partial charge on any atom is 4.00 e. The molecule has 0 spiro atoms. The predicted octanol–water partition coefficient (Wildman–Crippen LogP) is 14.5. The van der Waals surface area contributed by atoms with Crippen LogP contribution >= 0.6 is 0 Å². The van der Waals surface area contributed by atoms with Crippen molar-refractivity contribution in [3.05, 3.63) is 158 Å². The monoisotopic (exact) mass is 759 g/mol. The summed E-state index contributed by atoms with van der Waals surface area (Å²) in [4.78, 5) is 5.61. The molecule has 1 heterocycles. The van der Waals surface area contributed by atoms with E-state index in [9.17, 15) is 0 Å². The minimum atomic E-state index is -0.298. The zero-order valence-corrected chi connectivity index (χ0v) is 36.4. The molecule has 4 aromatic carbocycles. The number of aromatic nitrogens is 2. The van der Waals surface area contributed by atoms with E-state index in [4.69, 9.17) is 10.3 Å². The number of nitrogens with zero attached hydrogens (tertiary/aromatic N) is 3. The van der Waals surface area contributed by atoms with Crippen LogP contribution in [0.1, 0.15) is 144 Å². The number of rotatable bonds is 11. The van der Waals surface area contributed by atoms with Crippen molar-refractivity contribution in [2.24, 2.45) is 7.05 Å². The number of hydrogen-bond acceptors (Lipinski definition) is 1. The van der Waals surface area contributed by atoms with Gasteiger partial charge in [-0.3, -0.25) is 0 Å². The molecule has 51 heavy (non-hydrogen) atoms. The first-order chi connectivity index (χ1) is 22.4. The molecule has 0 fully saturated rings. The van der Waals surface area contributed by atoms with Crippen molar-refractivity contribution in [3.8, 4) is 22.5 Å². The Kier molecular flexibility index (Phi) is 17.6. The Morgan fingerprint density at radius 3 is 1.37 bits per heavy atom. The second-order valence-corrected chi connectivity index (χ2v) is 14.7. The third-order valence-electron chi connectivity index (χ3n) is 9.52. The van der Waals surface area contributed by atoms with E-state index in [-0.39, 0.29) is 54.5 Å². The fourth-order valence-electron chi connectivity index (χ4n) is 6.85. The number of para-hydroxylation sites is 1. The largest absolute Gasteiger partial charge is 4.00 e. The summed E-state index contributed by atoms with van der Waals surface area (Å²) in [5, 5.41) is 5.92. The molecule has 4 heteroatoms. The van der Waals surface area contributed by atoms with E-state index >= 15 is 0 Å². The van der Waals surface area contributed by atoms with Gasteiger partial charge in [-0.2, -0.15) is 0 Å². The summed E-state index contributed by atoms with van der Waals surface area (Å²) in [6, 6.07) is 32.7. The SMILES string of the molecule is CC(C)c1cc(C(C)C)c(C([N-]c2c(C(C)C)cccc2C(C)C)c2nc(-c3ccccc3)c(-c3ccccc3)n2C)c(C(C)C)c1.[CH3-].[CH3-].[CH3-].[Zr+4]. The number of imidazole rings is 1. The first kappa shape index (κ1) is 45.8. The van der Waals surface area contributed by atoms with Gasteiger partial charge in [0.2, 0.25) is 0 Å². The summed E-state index contributed by atoms with van der Waals surface area (Å²) in [5.41, 5.74) is 13.5. The zero-order valence-electron chi connectivity index (χ0n) is 34.0. The van der Waals surface area contributed by atoms with Crippen LogP contribution in [0.2, 0.25) is 0 Å². The van der Waals surface area contributed by atoms with Gasteiger partial charge in [0.1, 0.15) is 0 Å². The Morgan fingerprint density at radius 1 is 0.529 bits per heavy atom. The standard InChI is InChI=1S/C44H54N3.3CH3.Zr/c1-27(2)34-25-37(30(7)8)39(38(26-34)31(9)10)42(45-41-35(28(3)4)23-18-24-36(41)29(5)6)44-46-40(32-19-14-12-15-20-32)43(47(44)11)33-21-16-13-17-22-33;;;;/h12-31,42H,1-11H3;3*1H3;/q4*-1;+4. The van der Waals surface area contributed by atoms with Gasteiger partial charge in [0.05, 0.1) is 17.2 Å². The fraction of sp³-hybridized carbons (Fsp3) is 0.362. The zero-order chi connectivity index (χ0) is 34.0. The fourth-order valence-corrected chi connectivity index (χ4v) is 6.85. The van der Waals surface area contributed by atoms with Gasteiger partial charge < -0.3 is 32.2 Å². The van der Waals surface area contributed by atoms with Crippen LogP contribution in [0.4, 0.5) is 5.69 Å². The first-order valence-electron chi connectivity index (χ1n) is 17.6. The molecule has 0 aliphatic carbocycles. The van der Waals surface area contributed by atoms with Gasteiger partial charge in [-0.25, -0.2) is 4.98 Å². The molecule has 5 aromatic rings. The van der Waals surface area contributed by atoms with E-state index in [1.54, 1.807) is 0 Å². The van der Waals surface area contributed by atoms with Crippen molar-refractivity contribution < 1.29 is 26.2 Å². The summed E-state index contributed by atoms with van der Waals surface area (Å²) in [6.07, 6.45) is 0. The third kappa shape index (κ3) is 9.61. The Morgan fingerprint density at radius 2 is 0.961 bits per heavy atom. The number of benzene rings is 4. The van der Waals surface area contributed by atoms with Gasteiger partial charge in [-0.15, -0.1) is 5.69 Å². The average molecular weight is 761 g/mol. The maximum atomic E-state index is 5.92. The van der Waals surface area contributed by atoms with Crippen LogP contribution in [-0.4, -0.2) is 9.55 Å². The summed E-state index contributed by atoms with van der Waals surface area (Å²) in [7, 11) is 2.18. The van der Waals surface area contributed by atoms with E-state index < -0.39 is 0 Å². The quantitative estimate of drug-likeness (QED) is 0.123. The van der Waals surface area contributed by atoms with Crippen LogP contribution < -0.4 is 0 Å². The molecule has 0 bridgehead atoms. The second-order valence-electron chi connectivity index (χ2n) is 14.7. The van der Waals surface area contributed by atoms with Crippen LogP contribution in [0.15, 0.2) is 91.0 Å². The Labute approximate surface area is 331 Å². The van der Waals surface area contributed by atoms with E-state index in [0.29, 0.717) is 29.6 Å². The second kappa shape index (κ2) is 19.6. The summed E-state index contributed by atoms with van der Waals surface area (Å²) < 4.78 is 2.32. The van der Waals surface area contributed by atoms with Crippen molar-refractivity contribution >= 4 is 5.69 Å². The maximum absolute atomic E-state index is 5.92. The van der Waals surface area contributed by atoms with Crippen LogP contribution in [0.3, 0.4) is 0 Å². The van der Waals surface area contributed by atoms with E-state index in [0.717, 1.165) is 34.0 Å². The predicted molar refractivity (Wildman–Crippen MR) is 222 cm³/mol. The van der Waals surface area contributed by atoms with E-state index in [1.807, 2.05) is 0 Å². The van der Waals surface area contributed by atoms with Crippen molar-refractivity contribution in [1.82, 2.24) is 9.55 Å². The van der Waals surface area contributed by atoms with Crippen LogP contribution in [0.5, 0.6) is 0 Å². The van der Waals surface area contributed by atoms with Gasteiger partial charge in [0, 0.05) is 18.2 Å². The Bertz CT molecular complexity index is 1740. The summed E-state index contributed by atoms with van der Waals surface area (Å²) in [5.74, 6) is 2.74. The number of hydrogen-bond donors (Lipinski definition) is 0. The molecule has 0 radical (unpaired) electrons. The Hall–Kier alpha value is -3.23. The molecule has 1 unspecified atom stereocenters. The summed E-state index contributed by atoms with van der Waals surface area (Å²) >= 11 is 0. The molecule has 0 aliphatic heterocycles. The molecule has 0 saturated heterocycles. The van der Waals surface area contributed by atoms with Crippen LogP contribution in [0, 0.1) is 22.3 Å². The molecule has 5 rings (SSSR count). The molecule has 0 saturated carbocycles. The minimum Gasteiger partial charge on any atom is -0.671 e. The smallest absolute Gasteiger partial charge is 0.671 e. The van der Waals surface area contributed by atoms with Gasteiger partial charge in [0.15, 0.2) is 0 Å². The van der Waals surface area contributed by atoms with Gasteiger partial charge in [-0.05, 0) is 57.9 Å². The molecule has 3 nitrogen and oxygen atoms in total. The van der Waals surface area contributed by atoms with E-state index in [1.165, 1.54) is 33.4 Å². The topological polar surface area (TPSA) is 31.9 Å². The third-order valence-corrected chi connectivity index (χ3v) is 9.52. The van der Waals surface area contributed by atoms with Gasteiger partial charge >= 0.3 is 26.2 Å². The molecule has 270 valence electrons. The summed E-state index contributed by atoms with van der Waals surface area (Å²) in [6.45, 7) is 23.1. The average Bonchev–Trinajstić information content (AvgIpc) is 3.39. The normalized spacial score (nSPS) is 11.6. The van der Waals surface area contributed by atoms with Crippen molar-refractivity contribution in [2.45, 2.75) is 105 Å². The first-order valence-corrected chi connectivity index (χ1v) is 17.6. The molecule has 0 N–H and O–H groups in total. The Balaban J connectivity index is 0.00000325. The molecule has 0 amide bonds. The van der Waals surface area contributed by atoms with Crippen molar-refractivity contribution in [3.63, 3.8) is 0 Å². The minimum absolute atomic E-state index is 0. The van der Waals surface area contributed by atoms with Crippen molar-refractivity contribution in [1.29, 1.82) is 0 Å². The van der Waals surface area contributed by atoms with Crippen LogP contribution in [-0.2, 0) is 33.3 Å². The molecule has 0 aliphatic rings. The molecule has 1 atom stereocenters. The van der Waals surface area contributed by atoms with Gasteiger partial charge in [-0.1, -0.05) is 171 Å². The van der Waals surface area contributed by atoms with Crippen LogP contribution in [0.25, 0.3) is 27.8 Å². The molecular formula is C47H63N3Zr. The molecule has 1 aromatic heterocycles. The molecular weight excluding hydrogens is 698 g/mol. The van der Waals surface area contributed by atoms with Gasteiger partial charge in [0.25, 0.3) is 0 Å². The van der Waals surface area contributed by atoms with Crippen molar-refractivity contribution in [2.75, 3.05) is 0 Å². The van der Waals surface area contributed by atoms with E-state index in [2.05, 4.69) is 172 Å².